The number of anilines is 1. The van der Waals surface area contributed by atoms with Gasteiger partial charge in [0.15, 0.2) is 0 Å². The number of hydrogen-bond donors (Lipinski definition) is 2. The van der Waals surface area contributed by atoms with Crippen molar-refractivity contribution in [1.82, 2.24) is 9.62 Å². The fourth-order valence-electron chi connectivity index (χ4n) is 4.07. The molecule has 0 aromatic heterocycles. The summed E-state index contributed by atoms with van der Waals surface area (Å²) in [5.74, 6) is -1.66. The number of nitrogens with zero attached hydrogens (tertiary/aromatic N) is 1. The van der Waals surface area contributed by atoms with Crippen LogP contribution in [0.3, 0.4) is 0 Å². The number of rotatable bonds is 5. The van der Waals surface area contributed by atoms with Crippen LogP contribution in [-0.2, 0) is 19.6 Å². The Kier molecular flexibility index (Phi) is 7.03. The Morgan fingerprint density at radius 3 is 2.42 bits per heavy atom. The fourth-order valence-corrected chi connectivity index (χ4v) is 6.36. The van der Waals surface area contributed by atoms with E-state index in [0.29, 0.717) is 46.1 Å². The molecule has 0 spiro atoms. The second kappa shape index (κ2) is 9.38. The molecule has 1 saturated heterocycles. The number of halogens is 1. The second-order valence-electron chi connectivity index (χ2n) is 7.81. The molecular weight excluding hydrogens is 438 g/mol. The molecule has 1 atom stereocenters. The van der Waals surface area contributed by atoms with Crippen molar-refractivity contribution in [1.29, 1.82) is 0 Å². The molecule has 2 aromatic carbocycles. The molecule has 0 saturated carbocycles. The largest absolute Gasteiger partial charge is 0.346 e. The van der Waals surface area contributed by atoms with Gasteiger partial charge in [-0.3, -0.25) is 9.59 Å². The Morgan fingerprint density at radius 1 is 1.10 bits per heavy atom. The quantitative estimate of drug-likeness (QED) is 0.666. The van der Waals surface area contributed by atoms with E-state index in [4.69, 9.17) is 11.6 Å². The minimum absolute atomic E-state index is 0.0605. The molecular formula is C22H26ClN3O4S. The van der Waals surface area contributed by atoms with Crippen LogP contribution in [0.25, 0.3) is 0 Å². The van der Waals surface area contributed by atoms with Gasteiger partial charge in [0.25, 0.3) is 0 Å². The zero-order valence-electron chi connectivity index (χ0n) is 17.7. The number of carbonyl (C=O) groups is 2. The van der Waals surface area contributed by atoms with E-state index in [1.165, 1.54) is 10.4 Å². The predicted octanol–water partition coefficient (Wildman–Crippen LogP) is 3.17. The van der Waals surface area contributed by atoms with Gasteiger partial charge in [0.2, 0.25) is 10.0 Å². The zero-order valence-corrected chi connectivity index (χ0v) is 19.3. The summed E-state index contributed by atoms with van der Waals surface area (Å²) in [7, 11) is -3.72. The van der Waals surface area contributed by atoms with E-state index in [9.17, 15) is 18.0 Å². The Bertz CT molecular complexity index is 1090. The number of carbonyl (C=O) groups excluding carboxylic acids is 2. The van der Waals surface area contributed by atoms with E-state index < -0.39 is 27.9 Å². The maximum absolute atomic E-state index is 13.4. The number of benzene rings is 2. The maximum atomic E-state index is 13.4. The van der Waals surface area contributed by atoms with E-state index in [1.807, 2.05) is 19.1 Å². The molecule has 1 aliphatic heterocycles. The Balaban J connectivity index is 1.68. The lowest BCUT2D eigenvalue weighted by atomic mass is 10.1. The fraction of sp³-hybridized carbons (Fsp3) is 0.364. The smallest absolute Gasteiger partial charge is 0.313 e. The summed E-state index contributed by atoms with van der Waals surface area (Å²) in [5, 5.41) is 5.48. The molecule has 2 aromatic rings. The van der Waals surface area contributed by atoms with Crippen LogP contribution >= 0.6 is 11.6 Å². The van der Waals surface area contributed by atoms with E-state index >= 15 is 0 Å². The summed E-state index contributed by atoms with van der Waals surface area (Å²) in [6.45, 7) is 5.95. The van der Waals surface area contributed by atoms with Crippen LogP contribution in [0.5, 0.6) is 0 Å². The Labute approximate surface area is 187 Å². The third kappa shape index (κ3) is 5.26. The maximum Gasteiger partial charge on any atom is 0.313 e. The summed E-state index contributed by atoms with van der Waals surface area (Å²) in [6.07, 6.45) is 1.30. The van der Waals surface area contributed by atoms with Crippen molar-refractivity contribution < 1.29 is 18.0 Å². The summed E-state index contributed by atoms with van der Waals surface area (Å²) >= 11 is 5.88. The van der Waals surface area contributed by atoms with Crippen molar-refractivity contribution in [3.63, 3.8) is 0 Å². The van der Waals surface area contributed by atoms with Gasteiger partial charge in [0.05, 0.1) is 4.90 Å². The minimum Gasteiger partial charge on any atom is -0.346 e. The molecule has 7 nitrogen and oxygen atoms in total. The highest BCUT2D eigenvalue weighted by atomic mass is 35.5. The van der Waals surface area contributed by atoms with Crippen LogP contribution in [0.1, 0.15) is 29.5 Å². The van der Waals surface area contributed by atoms with Gasteiger partial charge in [0, 0.05) is 29.8 Å². The molecule has 1 heterocycles. The highest BCUT2D eigenvalue weighted by Gasteiger charge is 2.37. The first kappa shape index (κ1) is 23.2. The van der Waals surface area contributed by atoms with Crippen molar-refractivity contribution in [3.8, 4) is 0 Å². The van der Waals surface area contributed by atoms with E-state index in [2.05, 4.69) is 10.6 Å². The first-order valence-electron chi connectivity index (χ1n) is 10.0. The van der Waals surface area contributed by atoms with Crippen LogP contribution in [0.2, 0.25) is 5.02 Å². The van der Waals surface area contributed by atoms with Crippen LogP contribution in [0.15, 0.2) is 41.3 Å². The molecule has 0 unspecified atom stereocenters. The SMILES string of the molecule is Cc1cc(C)c(S(=O)(=O)N2CCC[C@H]2CNC(=O)C(=O)Nc2cccc(Cl)c2)c(C)c1. The monoisotopic (exact) mass is 463 g/mol. The van der Waals surface area contributed by atoms with Crippen molar-refractivity contribution in [2.45, 2.75) is 44.6 Å². The Hall–Kier alpha value is -2.42. The van der Waals surface area contributed by atoms with Gasteiger partial charge in [-0.2, -0.15) is 4.31 Å². The van der Waals surface area contributed by atoms with Crippen LogP contribution in [0, 0.1) is 20.8 Å². The zero-order chi connectivity index (χ0) is 22.8. The van der Waals surface area contributed by atoms with Gasteiger partial charge in [-0.25, -0.2) is 8.42 Å². The second-order valence-corrected chi connectivity index (χ2v) is 10.1. The molecule has 1 aliphatic rings. The highest BCUT2D eigenvalue weighted by molar-refractivity contribution is 7.89. The summed E-state index contributed by atoms with van der Waals surface area (Å²) < 4.78 is 28.2. The average molecular weight is 464 g/mol. The Morgan fingerprint density at radius 2 is 1.77 bits per heavy atom. The lowest BCUT2D eigenvalue weighted by Crippen LogP contribution is -2.45. The summed E-state index contributed by atoms with van der Waals surface area (Å²) in [6, 6.07) is 9.77. The lowest BCUT2D eigenvalue weighted by molar-refractivity contribution is -0.136. The number of aryl methyl sites for hydroxylation is 3. The predicted molar refractivity (Wildman–Crippen MR) is 121 cm³/mol. The molecule has 0 radical (unpaired) electrons. The van der Waals surface area contributed by atoms with Gasteiger partial charge in [-0.1, -0.05) is 35.4 Å². The number of amides is 2. The summed E-state index contributed by atoms with van der Waals surface area (Å²) in [4.78, 5) is 24.7. The number of hydrogen-bond acceptors (Lipinski definition) is 4. The molecule has 1 fully saturated rings. The highest BCUT2D eigenvalue weighted by Crippen LogP contribution is 2.30. The van der Waals surface area contributed by atoms with Crippen LogP contribution < -0.4 is 10.6 Å². The molecule has 3 rings (SSSR count). The third-order valence-corrected chi connectivity index (χ3v) is 7.77. The molecule has 0 aliphatic carbocycles. The topological polar surface area (TPSA) is 95.6 Å². The van der Waals surface area contributed by atoms with Gasteiger partial charge < -0.3 is 10.6 Å². The normalized spacial score (nSPS) is 16.8. The van der Waals surface area contributed by atoms with Gasteiger partial charge in [-0.15, -0.1) is 0 Å². The molecule has 2 N–H and O–H groups in total. The first-order chi connectivity index (χ1) is 14.6. The van der Waals surface area contributed by atoms with E-state index in [-0.39, 0.29) is 6.54 Å². The van der Waals surface area contributed by atoms with Crippen LogP contribution in [-0.4, -0.2) is 43.7 Å². The summed E-state index contributed by atoms with van der Waals surface area (Å²) in [5.41, 5.74) is 2.81. The molecule has 166 valence electrons. The van der Waals surface area contributed by atoms with Crippen molar-refractivity contribution in [3.05, 3.63) is 58.1 Å². The first-order valence-corrected chi connectivity index (χ1v) is 11.9. The molecule has 31 heavy (non-hydrogen) atoms. The van der Waals surface area contributed by atoms with Crippen molar-refractivity contribution >= 4 is 39.1 Å². The molecule has 0 bridgehead atoms. The van der Waals surface area contributed by atoms with Gasteiger partial charge >= 0.3 is 11.8 Å². The van der Waals surface area contributed by atoms with E-state index in [1.54, 1.807) is 32.0 Å². The number of nitrogens with one attached hydrogen (secondary N) is 2. The number of sulfonamides is 1. The standard InChI is InChI=1S/C22H26ClN3O4S/c1-14-10-15(2)20(16(3)11-14)31(29,30)26-9-5-8-19(26)13-24-21(27)22(28)25-18-7-4-6-17(23)12-18/h4,6-7,10-12,19H,5,8-9,13H2,1-3H3,(H,24,27)(H,25,28)/t19-/m0/s1. The lowest BCUT2D eigenvalue weighted by Gasteiger charge is -2.26. The van der Waals surface area contributed by atoms with Crippen molar-refractivity contribution in [2.24, 2.45) is 0 Å². The molecule has 9 heteroatoms. The van der Waals surface area contributed by atoms with Crippen LogP contribution in [0.4, 0.5) is 5.69 Å². The average Bonchev–Trinajstić information content (AvgIpc) is 3.14. The third-order valence-electron chi connectivity index (χ3n) is 5.28. The minimum atomic E-state index is -3.72. The van der Waals surface area contributed by atoms with Crippen molar-refractivity contribution in [2.75, 3.05) is 18.4 Å². The van der Waals surface area contributed by atoms with Gasteiger partial charge in [0.1, 0.15) is 0 Å². The molecule has 2 amide bonds. The van der Waals surface area contributed by atoms with Gasteiger partial charge in [-0.05, 0) is 62.9 Å². The van der Waals surface area contributed by atoms with E-state index in [0.717, 1.165) is 5.56 Å².